The van der Waals surface area contributed by atoms with Gasteiger partial charge in [-0.3, -0.25) is 4.21 Å². The van der Waals surface area contributed by atoms with E-state index in [0.29, 0.717) is 10.6 Å². The number of carboxylic acid groups (broad SMARTS) is 1. The number of carboxylic acids is 1. The van der Waals surface area contributed by atoms with Crippen LogP contribution in [-0.4, -0.2) is 27.6 Å². The molecule has 2 rings (SSSR count). The summed E-state index contributed by atoms with van der Waals surface area (Å²) >= 11 is 0. The van der Waals surface area contributed by atoms with Gasteiger partial charge in [-0.1, -0.05) is 0 Å². The van der Waals surface area contributed by atoms with E-state index in [1.165, 1.54) is 36.4 Å². The first-order valence-electron chi connectivity index (χ1n) is 6.16. The molecule has 1 N–H and O–H groups in total. The van der Waals surface area contributed by atoms with E-state index in [0.717, 1.165) is 0 Å². The molecule has 0 aliphatic carbocycles. The molecule has 0 fully saturated rings. The summed E-state index contributed by atoms with van der Waals surface area (Å²) in [5, 5.41) is 8.76. The fourth-order valence-electron chi connectivity index (χ4n) is 1.63. The topological polar surface area (TPSA) is 63.6 Å². The van der Waals surface area contributed by atoms with Crippen LogP contribution in [0.4, 0.5) is 4.39 Å². The van der Waals surface area contributed by atoms with E-state index in [1.807, 2.05) is 0 Å². The molecule has 0 heterocycles. The maximum atomic E-state index is 12.7. The molecule has 1 unspecified atom stereocenters. The maximum absolute atomic E-state index is 12.7. The summed E-state index contributed by atoms with van der Waals surface area (Å²) in [6.07, 6.45) is 0. The normalized spacial score (nSPS) is 11.9. The predicted molar refractivity (Wildman–Crippen MR) is 76.6 cm³/mol. The number of benzene rings is 2. The predicted octanol–water partition coefficient (Wildman–Crippen LogP) is 2.71. The highest BCUT2D eigenvalue weighted by Gasteiger charge is 2.05. The minimum atomic E-state index is -1.26. The zero-order valence-corrected chi connectivity index (χ0v) is 11.8. The van der Waals surface area contributed by atoms with E-state index >= 15 is 0 Å². The Hall–Kier alpha value is -2.21. The summed E-state index contributed by atoms with van der Waals surface area (Å²) in [5.41, 5.74) is 0.178. The molecule has 0 amide bonds. The molecule has 6 heteroatoms. The van der Waals surface area contributed by atoms with Crippen molar-refractivity contribution in [1.29, 1.82) is 0 Å². The summed E-state index contributed by atoms with van der Waals surface area (Å²) in [6.45, 7) is 0.219. The van der Waals surface area contributed by atoms with E-state index in [2.05, 4.69) is 0 Å². The molecule has 2 aromatic carbocycles. The highest BCUT2D eigenvalue weighted by molar-refractivity contribution is 7.85. The van der Waals surface area contributed by atoms with Crippen LogP contribution < -0.4 is 4.74 Å². The number of rotatable bonds is 6. The lowest BCUT2D eigenvalue weighted by molar-refractivity contribution is 0.0697. The van der Waals surface area contributed by atoms with Crippen molar-refractivity contribution in [3.05, 3.63) is 59.9 Å². The first-order chi connectivity index (χ1) is 10.1. The van der Waals surface area contributed by atoms with Crippen LogP contribution in [0.25, 0.3) is 0 Å². The van der Waals surface area contributed by atoms with Crippen molar-refractivity contribution in [1.82, 2.24) is 0 Å². The molecule has 21 heavy (non-hydrogen) atoms. The Morgan fingerprint density at radius 2 is 1.71 bits per heavy atom. The Balaban J connectivity index is 1.85. The van der Waals surface area contributed by atoms with Crippen LogP contribution in [0.1, 0.15) is 10.4 Å². The lowest BCUT2D eigenvalue weighted by Gasteiger charge is -2.06. The Morgan fingerprint density at radius 1 is 1.10 bits per heavy atom. The summed E-state index contributed by atoms with van der Waals surface area (Å²) in [7, 11) is -1.26. The molecule has 0 radical (unpaired) electrons. The summed E-state index contributed by atoms with van der Waals surface area (Å²) in [4.78, 5) is 11.2. The van der Waals surface area contributed by atoms with E-state index in [4.69, 9.17) is 9.84 Å². The fraction of sp³-hybridized carbons (Fsp3) is 0.133. The summed E-state index contributed by atoms with van der Waals surface area (Å²) in [5.74, 6) is -0.590. The van der Waals surface area contributed by atoms with Gasteiger partial charge in [0.1, 0.15) is 18.2 Å². The number of aromatic carboxylic acids is 1. The first kappa shape index (κ1) is 15.2. The zero-order valence-electron chi connectivity index (χ0n) is 11.0. The number of carbonyl (C=O) groups is 1. The minimum Gasteiger partial charge on any atom is -0.493 e. The third-order valence-electron chi connectivity index (χ3n) is 2.72. The van der Waals surface area contributed by atoms with Crippen molar-refractivity contribution in [3.8, 4) is 5.75 Å². The molecule has 0 saturated heterocycles. The van der Waals surface area contributed by atoms with Gasteiger partial charge in [0.05, 0.1) is 22.1 Å². The Morgan fingerprint density at radius 3 is 2.29 bits per heavy atom. The zero-order chi connectivity index (χ0) is 15.2. The van der Waals surface area contributed by atoms with Crippen LogP contribution in [0.5, 0.6) is 5.75 Å². The third-order valence-corrected chi connectivity index (χ3v) is 4.05. The number of hydrogen-bond acceptors (Lipinski definition) is 3. The van der Waals surface area contributed by atoms with Gasteiger partial charge in [-0.25, -0.2) is 9.18 Å². The highest BCUT2D eigenvalue weighted by Crippen LogP contribution is 2.13. The van der Waals surface area contributed by atoms with E-state index in [1.54, 1.807) is 12.1 Å². The van der Waals surface area contributed by atoms with Crippen molar-refractivity contribution in [2.45, 2.75) is 4.90 Å². The Labute approximate surface area is 123 Å². The number of hydrogen-bond donors (Lipinski definition) is 1. The monoisotopic (exact) mass is 308 g/mol. The molecule has 0 aliphatic rings. The lowest BCUT2D eigenvalue weighted by atomic mass is 10.2. The molecule has 0 aromatic heterocycles. The minimum absolute atomic E-state index is 0.178. The van der Waals surface area contributed by atoms with Crippen LogP contribution in [0.2, 0.25) is 0 Å². The van der Waals surface area contributed by atoms with Crippen LogP contribution in [0.15, 0.2) is 53.4 Å². The molecule has 0 spiro atoms. The largest absolute Gasteiger partial charge is 0.493 e. The quantitative estimate of drug-likeness (QED) is 0.891. The number of ether oxygens (including phenoxy) is 1. The molecule has 0 bridgehead atoms. The molecule has 4 nitrogen and oxygen atoms in total. The van der Waals surface area contributed by atoms with Crippen molar-refractivity contribution in [2.75, 3.05) is 12.4 Å². The van der Waals surface area contributed by atoms with Gasteiger partial charge >= 0.3 is 5.97 Å². The van der Waals surface area contributed by atoms with Crippen LogP contribution in [0.3, 0.4) is 0 Å². The van der Waals surface area contributed by atoms with Crippen LogP contribution in [0, 0.1) is 5.82 Å². The van der Waals surface area contributed by atoms with Crippen LogP contribution >= 0.6 is 0 Å². The van der Waals surface area contributed by atoms with Crippen molar-refractivity contribution in [2.24, 2.45) is 0 Å². The molecular formula is C15H13FO4S. The molecule has 1 atom stereocenters. The van der Waals surface area contributed by atoms with Gasteiger partial charge in [0.25, 0.3) is 0 Å². The summed E-state index contributed by atoms with van der Waals surface area (Å²) < 4.78 is 30.1. The molecule has 2 aromatic rings. The smallest absolute Gasteiger partial charge is 0.335 e. The maximum Gasteiger partial charge on any atom is 0.335 e. The highest BCUT2D eigenvalue weighted by atomic mass is 32.2. The second-order valence-electron chi connectivity index (χ2n) is 4.18. The average Bonchev–Trinajstić information content (AvgIpc) is 2.48. The van der Waals surface area contributed by atoms with Crippen molar-refractivity contribution < 1.29 is 23.2 Å². The fourth-order valence-corrected chi connectivity index (χ4v) is 2.54. The SMILES string of the molecule is O=C(O)c1ccc(OCCS(=O)c2ccc(F)cc2)cc1. The molecule has 0 saturated carbocycles. The molecule has 0 aliphatic heterocycles. The van der Waals surface area contributed by atoms with Crippen molar-refractivity contribution in [3.63, 3.8) is 0 Å². The number of halogens is 1. The van der Waals surface area contributed by atoms with Gasteiger partial charge < -0.3 is 9.84 Å². The van der Waals surface area contributed by atoms with E-state index in [9.17, 15) is 13.4 Å². The Bertz CT molecular complexity index is 638. The standard InChI is InChI=1S/C15H13FO4S/c16-12-3-7-14(8-4-12)21(19)10-9-20-13-5-1-11(2-6-13)15(17)18/h1-8H,9-10H2,(H,17,18). The second-order valence-corrected chi connectivity index (χ2v) is 5.75. The lowest BCUT2D eigenvalue weighted by Crippen LogP contribution is -2.09. The third kappa shape index (κ3) is 4.39. The molecular weight excluding hydrogens is 295 g/mol. The van der Waals surface area contributed by atoms with Gasteiger partial charge in [0.15, 0.2) is 0 Å². The van der Waals surface area contributed by atoms with Gasteiger partial charge in [-0.15, -0.1) is 0 Å². The summed E-state index contributed by atoms with van der Waals surface area (Å²) in [6, 6.07) is 11.5. The van der Waals surface area contributed by atoms with E-state index in [-0.39, 0.29) is 23.7 Å². The van der Waals surface area contributed by atoms with Crippen molar-refractivity contribution >= 4 is 16.8 Å². The second kappa shape index (κ2) is 6.99. The van der Waals surface area contributed by atoms with Gasteiger partial charge in [0.2, 0.25) is 0 Å². The first-order valence-corrected chi connectivity index (χ1v) is 7.48. The van der Waals surface area contributed by atoms with Crippen LogP contribution in [-0.2, 0) is 10.8 Å². The average molecular weight is 308 g/mol. The Kier molecular flexibility index (Phi) is 5.05. The van der Waals surface area contributed by atoms with Gasteiger partial charge in [-0.2, -0.15) is 0 Å². The molecule has 110 valence electrons. The van der Waals surface area contributed by atoms with Gasteiger partial charge in [0, 0.05) is 4.90 Å². The van der Waals surface area contributed by atoms with E-state index < -0.39 is 16.8 Å². The van der Waals surface area contributed by atoms with Gasteiger partial charge in [-0.05, 0) is 48.5 Å².